The van der Waals surface area contributed by atoms with Gasteiger partial charge in [0.1, 0.15) is 55.8 Å². The molecule has 24 heteroatoms. The second kappa shape index (κ2) is 23.3. The van der Waals surface area contributed by atoms with E-state index >= 15 is 0 Å². The largest absolute Gasteiger partial charge is 0.790 e. The molecular weight excluding hydrogens is 810 g/mol. The van der Waals surface area contributed by atoms with Crippen LogP contribution in [0.1, 0.15) is 68.2 Å². The molecule has 0 aliphatic carbocycles. The minimum atomic E-state index is -4.98. The second-order valence-corrected chi connectivity index (χ2v) is 19.5. The maximum atomic E-state index is 12.4. The lowest BCUT2D eigenvalue weighted by molar-refractivity contribution is -0.343. The summed E-state index contributed by atoms with van der Waals surface area (Å²) in [6.07, 6.45) is -2.28. The van der Waals surface area contributed by atoms with Crippen LogP contribution in [0.5, 0.6) is 0 Å². The number of fused-ring (bicyclic) bond motifs is 1. The highest BCUT2D eigenvalue weighted by molar-refractivity contribution is 8.08. The maximum Gasteiger partial charge on any atom is 0.268 e. The zero-order chi connectivity index (χ0) is 42.1. The van der Waals surface area contributed by atoms with E-state index in [0.29, 0.717) is 29.9 Å². The molecule has 16 nitrogen and oxygen atoms in total. The van der Waals surface area contributed by atoms with Gasteiger partial charge in [0.2, 0.25) is 0 Å². The first-order valence-electron chi connectivity index (χ1n) is 18.8. The Balaban J connectivity index is 0.000000251. The van der Waals surface area contributed by atoms with Gasteiger partial charge in [0, 0.05) is 39.8 Å². The van der Waals surface area contributed by atoms with Gasteiger partial charge in [-0.05, 0) is 68.2 Å². The zero-order valence-corrected chi connectivity index (χ0v) is 36.7. The van der Waals surface area contributed by atoms with E-state index in [9.17, 15) is 23.8 Å². The highest BCUT2D eigenvalue weighted by Gasteiger charge is 2.54. The van der Waals surface area contributed by atoms with Crippen molar-refractivity contribution in [2.45, 2.75) is 175 Å². The summed E-state index contributed by atoms with van der Waals surface area (Å²) in [6.45, 7) is 15.4. The molecule has 0 saturated carbocycles. The summed E-state index contributed by atoms with van der Waals surface area (Å²) in [7, 11) is 13.2. The second-order valence-electron chi connectivity index (χ2n) is 15.0. The van der Waals surface area contributed by atoms with Crippen LogP contribution in [0.15, 0.2) is 0 Å². The molecule has 5 rings (SSSR count). The summed E-state index contributed by atoms with van der Waals surface area (Å²) in [6, 6.07) is -1.89. The van der Waals surface area contributed by atoms with Gasteiger partial charge >= 0.3 is 0 Å². The minimum Gasteiger partial charge on any atom is -0.790 e. The lowest BCUT2D eigenvalue weighted by atomic mass is 9.95. The van der Waals surface area contributed by atoms with Crippen molar-refractivity contribution in [2.24, 2.45) is 0 Å². The van der Waals surface area contributed by atoms with Crippen LogP contribution in [-0.2, 0) is 60.6 Å². The van der Waals surface area contributed by atoms with Gasteiger partial charge in [-0.15, -0.1) is 11.8 Å². The quantitative estimate of drug-likeness (QED) is 0.0849. The van der Waals surface area contributed by atoms with Crippen LogP contribution in [0.2, 0.25) is 0 Å². The first kappa shape index (κ1) is 51.2. The van der Waals surface area contributed by atoms with E-state index in [1.807, 2.05) is 67.2 Å². The Morgan fingerprint density at radius 3 is 1.52 bits per heavy atom. The molecule has 5 heterocycles. The number of hydrogen-bond donors (Lipinski definition) is 1. The van der Waals surface area contributed by atoms with Crippen molar-refractivity contribution in [1.82, 2.24) is 0 Å². The molecule has 0 amide bonds. The summed E-state index contributed by atoms with van der Waals surface area (Å²) in [5.41, 5.74) is 0. The third-order valence-corrected chi connectivity index (χ3v) is 12.0. The van der Waals surface area contributed by atoms with Gasteiger partial charge in [0.15, 0.2) is 0 Å². The van der Waals surface area contributed by atoms with E-state index in [1.54, 1.807) is 0 Å². The van der Waals surface area contributed by atoms with Crippen molar-refractivity contribution in [1.29, 1.82) is 0 Å². The Labute approximate surface area is 347 Å². The normalized spacial score (nSPS) is 37.7. The fourth-order valence-electron chi connectivity index (χ4n) is 6.08. The van der Waals surface area contributed by atoms with Crippen molar-refractivity contribution in [3.8, 4) is 0 Å². The molecule has 0 aromatic heterocycles. The number of ether oxygens (including phenoxy) is 8. The SMILES string of the molecule is [B][C@@H]1O[C@H](COC(C)C)C(OP(=O)([O-])OC[C@H]2O[C@@H]([B])CC2OC(C)C)[C@H]1S.[B][C@@H]1O[C@H](COC(C)C)C2S[C@H]21.[B][C@H]1CC(OC(C)C)[C@@H](COP(=O)([O-])[O-])O1. The van der Waals surface area contributed by atoms with Gasteiger partial charge in [-0.3, -0.25) is 4.57 Å². The van der Waals surface area contributed by atoms with Crippen molar-refractivity contribution < 1.29 is 75.3 Å². The summed E-state index contributed by atoms with van der Waals surface area (Å²) in [5.74, 6) is 0. The number of thioether (sulfide) groups is 1. The third kappa shape index (κ3) is 18.1. The van der Waals surface area contributed by atoms with Gasteiger partial charge in [0.05, 0.1) is 77.0 Å². The molecule has 316 valence electrons. The third-order valence-electron chi connectivity index (χ3n) is 8.54. The molecular formula is C32H55B4O16P2S2-3. The van der Waals surface area contributed by atoms with Crippen LogP contribution in [0.3, 0.4) is 0 Å². The Hall–Kier alpha value is 0.860. The highest BCUT2D eigenvalue weighted by Crippen LogP contribution is 2.52. The van der Waals surface area contributed by atoms with E-state index in [0.717, 1.165) is 0 Å². The predicted octanol–water partition coefficient (Wildman–Crippen LogP) is 0.248. The van der Waals surface area contributed by atoms with Crippen LogP contribution in [0.4, 0.5) is 0 Å². The van der Waals surface area contributed by atoms with E-state index < -0.39 is 63.3 Å². The van der Waals surface area contributed by atoms with Crippen molar-refractivity contribution in [2.75, 3.05) is 26.4 Å². The van der Waals surface area contributed by atoms with E-state index in [-0.39, 0.29) is 68.6 Å². The zero-order valence-electron chi connectivity index (χ0n) is 33.2. The van der Waals surface area contributed by atoms with Crippen LogP contribution in [0.25, 0.3) is 0 Å². The van der Waals surface area contributed by atoms with Gasteiger partial charge in [-0.25, -0.2) is 0 Å². The van der Waals surface area contributed by atoms with Crippen molar-refractivity contribution in [3.05, 3.63) is 0 Å². The number of rotatable bonds is 18. The summed E-state index contributed by atoms with van der Waals surface area (Å²) >= 11 is 6.23. The first-order chi connectivity index (χ1) is 25.9. The number of phosphoric acid groups is 2. The molecule has 0 aromatic carbocycles. The lowest BCUT2D eigenvalue weighted by Gasteiger charge is -2.31. The van der Waals surface area contributed by atoms with Crippen LogP contribution >= 0.6 is 40.0 Å². The molecule has 0 bridgehead atoms. The van der Waals surface area contributed by atoms with Crippen molar-refractivity contribution in [3.63, 3.8) is 0 Å². The average Bonchev–Trinajstić information content (AvgIpc) is 3.43. The molecule has 5 aliphatic heterocycles. The molecule has 5 fully saturated rings. The Bertz CT molecular complexity index is 1260. The monoisotopic (exact) mass is 865 g/mol. The average molecular weight is 865 g/mol. The fraction of sp³-hybridized carbons (Fsp3) is 1.00. The molecule has 56 heavy (non-hydrogen) atoms. The first-order valence-corrected chi connectivity index (χ1v) is 23.1. The predicted molar refractivity (Wildman–Crippen MR) is 209 cm³/mol. The molecule has 5 aliphatic rings. The van der Waals surface area contributed by atoms with Crippen LogP contribution in [-0.4, -0.2) is 165 Å². The molecule has 8 radical (unpaired) electrons. The lowest BCUT2D eigenvalue weighted by Crippen LogP contribution is -2.37. The van der Waals surface area contributed by atoms with E-state index in [2.05, 4.69) is 17.2 Å². The highest BCUT2D eigenvalue weighted by atomic mass is 32.2. The van der Waals surface area contributed by atoms with Crippen LogP contribution in [0, 0.1) is 0 Å². The maximum absolute atomic E-state index is 12.4. The van der Waals surface area contributed by atoms with E-state index in [4.69, 9.17) is 78.3 Å². The molecule has 0 aromatic rings. The molecule has 5 unspecified atom stereocenters. The van der Waals surface area contributed by atoms with Crippen LogP contribution < -0.4 is 14.7 Å². The fourth-order valence-corrected chi connectivity index (χ4v) is 8.92. The Morgan fingerprint density at radius 1 is 0.643 bits per heavy atom. The van der Waals surface area contributed by atoms with E-state index in [1.165, 1.54) is 0 Å². The molecule has 0 N–H and O–H groups in total. The molecule has 0 spiro atoms. The summed E-state index contributed by atoms with van der Waals surface area (Å²) in [4.78, 5) is 33.0. The number of phosphoric ester groups is 2. The Kier molecular flexibility index (Phi) is 21.3. The number of thiol groups is 1. The van der Waals surface area contributed by atoms with Gasteiger partial charge < -0.3 is 70.7 Å². The standard InChI is InChI=1S/C16H29B2O8PS.C8H16BO6P.C8H13BO2S/c1-8(2)21-6-12-14(15(28)16(18)25-12)26-27(19,20)22-7-11-10(23-9(3)4)5-13(17)24-11;1-5(2)14-6-3-8(9)15-7(6)4-13-16(10,11)12;1-4(2)10-3-5-6-7(12-6)8(9)11-5/h8-16,28H,5-7H2,1-4H3,(H,19,20);5-8H,3-4H2,1-2H3,(H2,10,11,12);4-8H,3H2,1-2H3/p-3/t10?,11-,12-,13-,14?,15-,16-;6?,7-,8-;5-,6?,7-,8-/m111/s1. The topological polar surface area (TPSA) is 205 Å². The van der Waals surface area contributed by atoms with Gasteiger partial charge in [0.25, 0.3) is 7.82 Å². The summed E-state index contributed by atoms with van der Waals surface area (Å²) in [5, 5.41) is 0.504. The van der Waals surface area contributed by atoms with Gasteiger partial charge in [-0.2, -0.15) is 12.6 Å². The Morgan fingerprint density at radius 2 is 1.11 bits per heavy atom. The minimum absolute atomic E-state index is 0.0345. The van der Waals surface area contributed by atoms with Gasteiger partial charge in [-0.1, -0.05) is 0 Å². The molecule has 5 saturated heterocycles. The smallest absolute Gasteiger partial charge is 0.268 e. The number of hydrogen-bond acceptors (Lipinski definition) is 18. The molecule has 15 atom stereocenters. The van der Waals surface area contributed by atoms with Crippen molar-refractivity contribution >= 4 is 71.4 Å². The summed E-state index contributed by atoms with van der Waals surface area (Å²) < 4.78 is 81.0.